The molecule has 42 heavy (non-hydrogen) atoms. The van der Waals surface area contributed by atoms with E-state index in [0.717, 1.165) is 10.6 Å². The van der Waals surface area contributed by atoms with Gasteiger partial charge in [-0.15, -0.1) is 0 Å². The molecule has 5 rings (SSSR count). The number of amides is 1. The van der Waals surface area contributed by atoms with Crippen molar-refractivity contribution in [3.05, 3.63) is 99.5 Å². The van der Waals surface area contributed by atoms with Crippen LogP contribution in [0.3, 0.4) is 0 Å². The molecule has 1 aromatic heterocycles. The lowest BCUT2D eigenvalue weighted by Crippen LogP contribution is -2.47. The van der Waals surface area contributed by atoms with Crippen LogP contribution in [0.1, 0.15) is 10.6 Å². The summed E-state index contributed by atoms with van der Waals surface area (Å²) in [6, 6.07) is 15.0. The highest BCUT2D eigenvalue weighted by atomic mass is 35.5. The maximum Gasteiger partial charge on any atom is 0.293 e. The van der Waals surface area contributed by atoms with Gasteiger partial charge in [0.15, 0.2) is 34.1 Å². The predicted octanol–water partition coefficient (Wildman–Crippen LogP) is 7.40. The molecule has 14 heteroatoms. The summed E-state index contributed by atoms with van der Waals surface area (Å²) in [6.45, 7) is 0.609. The number of benzene rings is 3. The molecule has 218 valence electrons. The van der Waals surface area contributed by atoms with Crippen molar-refractivity contribution in [1.29, 1.82) is 0 Å². The van der Waals surface area contributed by atoms with Gasteiger partial charge >= 0.3 is 0 Å². The van der Waals surface area contributed by atoms with Crippen LogP contribution < -0.4 is 20.4 Å². The lowest BCUT2D eigenvalue weighted by molar-refractivity contribution is 0.0951. The normalized spacial score (nSPS) is 13.3. The zero-order chi connectivity index (χ0) is 30.1. The van der Waals surface area contributed by atoms with Gasteiger partial charge in [-0.25, -0.2) is 22.0 Å². The molecule has 3 aromatic carbocycles. The van der Waals surface area contributed by atoms with E-state index in [-0.39, 0.29) is 37.1 Å². The van der Waals surface area contributed by atoms with Gasteiger partial charge in [0.25, 0.3) is 5.91 Å². The number of thiocarbonyl (C=S) groups is 1. The molecule has 0 radical (unpaired) electrons. The number of rotatable bonds is 5. The van der Waals surface area contributed by atoms with E-state index in [9.17, 15) is 26.7 Å². The molecule has 1 amide bonds. The highest BCUT2D eigenvalue weighted by Crippen LogP contribution is 2.34. The minimum Gasteiger partial charge on any atom is -0.451 e. The van der Waals surface area contributed by atoms with E-state index in [4.69, 9.17) is 39.8 Å². The minimum atomic E-state index is -2.19. The number of carbonyl (C=O) groups is 1. The monoisotopic (exact) mass is 640 g/mol. The lowest BCUT2D eigenvalue weighted by atomic mass is 10.2. The maximum absolute atomic E-state index is 14.2. The smallest absolute Gasteiger partial charge is 0.293 e. The van der Waals surface area contributed by atoms with Crippen molar-refractivity contribution in [2.24, 2.45) is 0 Å². The standard InChI is InChI=1S/C28H19Cl2F5N4O2S/c29-17-3-1-2-16(20(17)30)18-8-9-19(41-18)27(40)37-28(42)36-14-4-6-15(7-5-14)38-10-12-39(13-11-38)26-24(34)22(32)21(31)23(33)25(26)35/h1-9H,10-13H2,(H2,36,37,40,42). The van der Waals surface area contributed by atoms with Gasteiger partial charge in [-0.05, 0) is 60.7 Å². The van der Waals surface area contributed by atoms with Gasteiger partial charge in [0, 0.05) is 43.1 Å². The van der Waals surface area contributed by atoms with Crippen molar-refractivity contribution in [1.82, 2.24) is 5.32 Å². The van der Waals surface area contributed by atoms with Gasteiger partial charge in [0.1, 0.15) is 11.4 Å². The van der Waals surface area contributed by atoms with Gasteiger partial charge in [0.2, 0.25) is 5.82 Å². The van der Waals surface area contributed by atoms with Gasteiger partial charge < -0.3 is 19.5 Å². The summed E-state index contributed by atoms with van der Waals surface area (Å²) in [7, 11) is 0. The van der Waals surface area contributed by atoms with Crippen molar-refractivity contribution >= 4 is 63.5 Å². The molecule has 1 saturated heterocycles. The Bertz CT molecular complexity index is 1650. The molecule has 1 aliphatic rings. The van der Waals surface area contributed by atoms with Crippen molar-refractivity contribution in [3.8, 4) is 11.3 Å². The number of nitrogens with one attached hydrogen (secondary N) is 2. The molecule has 2 N–H and O–H groups in total. The van der Waals surface area contributed by atoms with E-state index in [1.807, 2.05) is 4.90 Å². The molecule has 0 spiro atoms. The van der Waals surface area contributed by atoms with Crippen LogP contribution in [0.2, 0.25) is 10.0 Å². The fraction of sp³-hybridized carbons (Fsp3) is 0.143. The SMILES string of the molecule is O=C(NC(=S)Nc1ccc(N2CCN(c3c(F)c(F)c(F)c(F)c3F)CC2)cc1)c1ccc(-c2cccc(Cl)c2Cl)o1. The van der Waals surface area contributed by atoms with Gasteiger partial charge in [-0.3, -0.25) is 10.1 Å². The Morgan fingerprint density at radius 3 is 2.02 bits per heavy atom. The first kappa shape index (κ1) is 29.6. The molecular weight excluding hydrogens is 622 g/mol. The Morgan fingerprint density at radius 1 is 0.786 bits per heavy atom. The Hall–Kier alpha value is -3.87. The molecule has 4 aromatic rings. The fourth-order valence-corrected chi connectivity index (χ4v) is 5.04. The van der Waals surface area contributed by atoms with Crippen LogP contribution in [0.25, 0.3) is 11.3 Å². The Kier molecular flexibility index (Phi) is 8.58. The Labute approximate surface area is 251 Å². The van der Waals surface area contributed by atoms with E-state index in [0.29, 0.717) is 27.1 Å². The average Bonchev–Trinajstić information content (AvgIpc) is 3.48. The molecule has 1 fully saturated rings. The zero-order valence-electron chi connectivity index (χ0n) is 21.3. The number of anilines is 3. The molecule has 0 aliphatic carbocycles. The minimum absolute atomic E-state index is 0.00515. The average molecular weight is 641 g/mol. The van der Waals surface area contributed by atoms with E-state index in [1.54, 1.807) is 48.5 Å². The summed E-state index contributed by atoms with van der Waals surface area (Å²) < 4.78 is 74.6. The number of piperazine rings is 1. The van der Waals surface area contributed by atoms with Crippen molar-refractivity contribution in [3.63, 3.8) is 0 Å². The number of halogens is 7. The van der Waals surface area contributed by atoms with Gasteiger partial charge in [-0.2, -0.15) is 0 Å². The van der Waals surface area contributed by atoms with Crippen LogP contribution >= 0.6 is 35.4 Å². The van der Waals surface area contributed by atoms with Crippen LogP contribution in [0.15, 0.2) is 59.0 Å². The Balaban J connectivity index is 1.16. The third-order valence-electron chi connectivity index (χ3n) is 6.55. The molecule has 0 unspecified atom stereocenters. The molecule has 0 saturated carbocycles. The van der Waals surface area contributed by atoms with Crippen LogP contribution in [-0.4, -0.2) is 37.2 Å². The van der Waals surface area contributed by atoms with Gasteiger partial charge in [0.05, 0.1) is 10.0 Å². The first-order valence-electron chi connectivity index (χ1n) is 12.3. The first-order chi connectivity index (χ1) is 20.0. The summed E-state index contributed by atoms with van der Waals surface area (Å²) >= 11 is 17.5. The summed E-state index contributed by atoms with van der Waals surface area (Å²) in [5, 5.41) is 6.08. The summed E-state index contributed by atoms with van der Waals surface area (Å²) in [4.78, 5) is 15.6. The summed E-state index contributed by atoms with van der Waals surface area (Å²) in [5.41, 5.74) is 0.925. The van der Waals surface area contributed by atoms with Crippen molar-refractivity contribution < 1.29 is 31.2 Å². The first-order valence-corrected chi connectivity index (χ1v) is 13.5. The van der Waals surface area contributed by atoms with E-state index < -0.39 is 40.7 Å². The number of furan rings is 1. The molecular formula is C28H19Cl2F5N4O2S. The number of carbonyl (C=O) groups excluding carboxylic acids is 1. The van der Waals surface area contributed by atoms with Crippen molar-refractivity contribution in [2.75, 3.05) is 41.3 Å². The van der Waals surface area contributed by atoms with Crippen LogP contribution in [-0.2, 0) is 0 Å². The highest BCUT2D eigenvalue weighted by molar-refractivity contribution is 7.80. The summed E-state index contributed by atoms with van der Waals surface area (Å²) in [5.74, 6) is -10.1. The third kappa shape index (κ3) is 5.87. The van der Waals surface area contributed by atoms with Crippen LogP contribution in [0.5, 0.6) is 0 Å². The molecule has 6 nitrogen and oxygen atoms in total. The Morgan fingerprint density at radius 2 is 1.38 bits per heavy atom. The molecule has 0 bridgehead atoms. The third-order valence-corrected chi connectivity index (χ3v) is 7.57. The second kappa shape index (κ2) is 12.2. The van der Waals surface area contributed by atoms with Gasteiger partial charge in [-0.1, -0.05) is 29.3 Å². The quantitative estimate of drug-likeness (QED) is 0.103. The van der Waals surface area contributed by atoms with Crippen LogP contribution in [0, 0.1) is 29.1 Å². The predicted molar refractivity (Wildman–Crippen MR) is 155 cm³/mol. The zero-order valence-corrected chi connectivity index (χ0v) is 23.6. The molecule has 0 atom stereocenters. The van der Waals surface area contributed by atoms with Crippen molar-refractivity contribution in [2.45, 2.75) is 0 Å². The highest BCUT2D eigenvalue weighted by Gasteiger charge is 2.30. The fourth-order valence-electron chi connectivity index (χ4n) is 4.44. The second-order valence-corrected chi connectivity index (χ2v) is 10.3. The number of nitrogens with zero attached hydrogens (tertiary/aromatic N) is 2. The van der Waals surface area contributed by atoms with Crippen LogP contribution in [0.4, 0.5) is 39.0 Å². The topological polar surface area (TPSA) is 60.8 Å². The molecule has 1 aliphatic heterocycles. The van der Waals surface area contributed by atoms with E-state index >= 15 is 0 Å². The molecule has 2 heterocycles. The van der Waals surface area contributed by atoms with E-state index in [1.165, 1.54) is 6.07 Å². The second-order valence-electron chi connectivity index (χ2n) is 9.11. The van der Waals surface area contributed by atoms with E-state index in [2.05, 4.69) is 10.6 Å². The number of hydrogen-bond donors (Lipinski definition) is 2. The largest absolute Gasteiger partial charge is 0.451 e. The summed E-state index contributed by atoms with van der Waals surface area (Å²) in [6.07, 6.45) is 0. The number of hydrogen-bond acceptors (Lipinski definition) is 5. The lowest BCUT2D eigenvalue weighted by Gasteiger charge is -2.37. The maximum atomic E-state index is 14.2.